The molecule has 0 spiro atoms. The van der Waals surface area contributed by atoms with Crippen LogP contribution in [0.1, 0.15) is 38.5 Å². The molecule has 90 valence electrons. The molecule has 0 aliphatic heterocycles. The number of rotatable bonds is 6. The number of nitrogens with one attached hydrogen (secondary N) is 1. The second kappa shape index (κ2) is 7.17. The van der Waals surface area contributed by atoms with Gasteiger partial charge in [0, 0.05) is 13.7 Å². The second-order valence-electron chi connectivity index (χ2n) is 4.30. The summed E-state index contributed by atoms with van der Waals surface area (Å²) in [5.41, 5.74) is 2.26. The van der Waals surface area contributed by atoms with Crippen molar-refractivity contribution in [1.82, 2.24) is 5.48 Å². The van der Waals surface area contributed by atoms with Gasteiger partial charge < -0.3 is 9.84 Å². The summed E-state index contributed by atoms with van der Waals surface area (Å²) in [7, 11) is 1.64. The molecule has 4 heteroatoms. The van der Waals surface area contributed by atoms with Crippen LogP contribution in [0.25, 0.3) is 0 Å². The lowest BCUT2D eigenvalue weighted by Crippen LogP contribution is -2.40. The Morgan fingerprint density at radius 3 is 2.40 bits per heavy atom. The quantitative estimate of drug-likeness (QED) is 0.399. The van der Waals surface area contributed by atoms with Gasteiger partial charge in [0.05, 0.1) is 18.8 Å². The predicted octanol–water partition coefficient (Wildman–Crippen LogP) is 1.24. The van der Waals surface area contributed by atoms with Gasteiger partial charge in [0.1, 0.15) is 0 Å². The summed E-state index contributed by atoms with van der Waals surface area (Å²) in [5.74, 6) is 0. The van der Waals surface area contributed by atoms with Crippen molar-refractivity contribution >= 4 is 0 Å². The van der Waals surface area contributed by atoms with Gasteiger partial charge in [-0.3, -0.25) is 4.84 Å². The number of methoxy groups -OCH3 is 1. The van der Waals surface area contributed by atoms with Crippen molar-refractivity contribution in [3.8, 4) is 0 Å². The Labute approximate surface area is 91.9 Å². The van der Waals surface area contributed by atoms with E-state index in [4.69, 9.17) is 9.57 Å². The molecule has 0 atom stereocenters. The minimum Gasteiger partial charge on any atom is -0.388 e. The van der Waals surface area contributed by atoms with E-state index in [-0.39, 0.29) is 0 Å². The van der Waals surface area contributed by atoms with E-state index in [0.717, 1.165) is 25.7 Å². The van der Waals surface area contributed by atoms with E-state index in [2.05, 4.69) is 5.48 Å². The lowest BCUT2D eigenvalue weighted by Gasteiger charge is -2.26. The van der Waals surface area contributed by atoms with Gasteiger partial charge in [-0.2, -0.15) is 5.48 Å². The Bertz CT molecular complexity index is 156. The van der Waals surface area contributed by atoms with E-state index >= 15 is 0 Å². The molecule has 0 aromatic rings. The number of hydroxylamine groups is 1. The molecular formula is C11H23NO3. The van der Waals surface area contributed by atoms with Crippen LogP contribution in [0.4, 0.5) is 0 Å². The molecule has 1 rings (SSSR count). The van der Waals surface area contributed by atoms with Crippen molar-refractivity contribution in [1.29, 1.82) is 0 Å². The number of hydrogen-bond acceptors (Lipinski definition) is 4. The van der Waals surface area contributed by atoms with Crippen LogP contribution in [-0.4, -0.2) is 37.6 Å². The Hall–Kier alpha value is -0.160. The van der Waals surface area contributed by atoms with E-state index in [1.54, 1.807) is 7.11 Å². The smallest absolute Gasteiger partial charge is 0.0915 e. The molecule has 1 aliphatic carbocycles. The van der Waals surface area contributed by atoms with Crippen molar-refractivity contribution < 1.29 is 14.7 Å². The average Bonchev–Trinajstić information content (AvgIpc) is 2.43. The molecule has 15 heavy (non-hydrogen) atoms. The summed E-state index contributed by atoms with van der Waals surface area (Å²) in [6.07, 6.45) is 6.49. The van der Waals surface area contributed by atoms with E-state index in [0.29, 0.717) is 19.8 Å². The molecule has 0 aromatic heterocycles. The van der Waals surface area contributed by atoms with Gasteiger partial charge in [-0.25, -0.2) is 0 Å². The van der Waals surface area contributed by atoms with E-state index in [9.17, 15) is 5.11 Å². The van der Waals surface area contributed by atoms with Gasteiger partial charge in [0.2, 0.25) is 0 Å². The highest BCUT2D eigenvalue weighted by Gasteiger charge is 2.27. The Balaban J connectivity index is 2.11. The maximum atomic E-state index is 10.2. The molecule has 0 bridgehead atoms. The highest BCUT2D eigenvalue weighted by atomic mass is 16.7. The summed E-state index contributed by atoms with van der Waals surface area (Å²) in [6, 6.07) is 0. The molecule has 0 amide bonds. The fraction of sp³-hybridized carbons (Fsp3) is 1.00. The SMILES string of the molecule is COCCONCC1(O)CCCCCC1. The highest BCUT2D eigenvalue weighted by molar-refractivity contribution is 4.81. The molecule has 0 saturated heterocycles. The zero-order valence-corrected chi connectivity index (χ0v) is 9.63. The summed E-state index contributed by atoms with van der Waals surface area (Å²) < 4.78 is 4.85. The minimum absolute atomic E-state index is 0.520. The standard InChI is InChI=1S/C11H23NO3/c1-14-8-9-15-12-10-11(13)6-4-2-3-5-7-11/h12-13H,2-10H2,1H3. The van der Waals surface area contributed by atoms with Crippen molar-refractivity contribution in [2.75, 3.05) is 26.9 Å². The Morgan fingerprint density at radius 1 is 1.13 bits per heavy atom. The van der Waals surface area contributed by atoms with Crippen LogP contribution in [0, 0.1) is 0 Å². The molecular weight excluding hydrogens is 194 g/mol. The van der Waals surface area contributed by atoms with E-state index in [1.807, 2.05) is 0 Å². The summed E-state index contributed by atoms with van der Waals surface area (Å²) >= 11 is 0. The predicted molar refractivity (Wildman–Crippen MR) is 58.5 cm³/mol. The second-order valence-corrected chi connectivity index (χ2v) is 4.30. The fourth-order valence-electron chi connectivity index (χ4n) is 1.95. The Morgan fingerprint density at radius 2 is 1.80 bits per heavy atom. The third-order valence-electron chi connectivity index (χ3n) is 2.93. The van der Waals surface area contributed by atoms with Crippen molar-refractivity contribution in [3.63, 3.8) is 0 Å². The van der Waals surface area contributed by atoms with E-state index in [1.165, 1.54) is 12.8 Å². The van der Waals surface area contributed by atoms with Crippen LogP contribution in [-0.2, 0) is 9.57 Å². The van der Waals surface area contributed by atoms with Gasteiger partial charge in [-0.15, -0.1) is 0 Å². The van der Waals surface area contributed by atoms with Crippen LogP contribution < -0.4 is 5.48 Å². The molecule has 0 aromatic carbocycles. The molecule has 0 radical (unpaired) electrons. The summed E-state index contributed by atoms with van der Waals surface area (Å²) in [6.45, 7) is 1.62. The maximum Gasteiger partial charge on any atom is 0.0915 e. The number of aliphatic hydroxyl groups is 1. The first-order valence-corrected chi connectivity index (χ1v) is 5.83. The number of ether oxygens (including phenoxy) is 1. The van der Waals surface area contributed by atoms with Gasteiger partial charge in [0.25, 0.3) is 0 Å². The zero-order chi connectivity index (χ0) is 11.0. The van der Waals surface area contributed by atoms with Crippen LogP contribution in [0.5, 0.6) is 0 Å². The number of hydrogen-bond donors (Lipinski definition) is 2. The maximum absolute atomic E-state index is 10.2. The van der Waals surface area contributed by atoms with E-state index < -0.39 is 5.60 Å². The fourth-order valence-corrected chi connectivity index (χ4v) is 1.95. The Kier molecular flexibility index (Phi) is 6.17. The minimum atomic E-state index is -0.566. The largest absolute Gasteiger partial charge is 0.388 e. The van der Waals surface area contributed by atoms with Crippen molar-refractivity contribution in [2.24, 2.45) is 0 Å². The van der Waals surface area contributed by atoms with Gasteiger partial charge in [-0.05, 0) is 12.8 Å². The third kappa shape index (κ3) is 5.47. The summed E-state index contributed by atoms with van der Waals surface area (Å²) in [5, 5.41) is 10.2. The van der Waals surface area contributed by atoms with Crippen LogP contribution in [0.2, 0.25) is 0 Å². The zero-order valence-electron chi connectivity index (χ0n) is 9.63. The molecule has 0 heterocycles. The molecule has 4 nitrogen and oxygen atoms in total. The highest BCUT2D eigenvalue weighted by Crippen LogP contribution is 2.26. The lowest BCUT2D eigenvalue weighted by atomic mass is 9.95. The molecule has 1 aliphatic rings. The topological polar surface area (TPSA) is 50.7 Å². The first kappa shape index (κ1) is 12.9. The van der Waals surface area contributed by atoms with Crippen LogP contribution >= 0.6 is 0 Å². The van der Waals surface area contributed by atoms with Gasteiger partial charge >= 0.3 is 0 Å². The third-order valence-corrected chi connectivity index (χ3v) is 2.93. The average molecular weight is 217 g/mol. The first-order valence-electron chi connectivity index (χ1n) is 5.83. The van der Waals surface area contributed by atoms with Crippen LogP contribution in [0.3, 0.4) is 0 Å². The molecule has 1 saturated carbocycles. The monoisotopic (exact) mass is 217 g/mol. The normalized spacial score (nSPS) is 21.2. The molecule has 2 N–H and O–H groups in total. The first-order chi connectivity index (χ1) is 7.27. The summed E-state index contributed by atoms with van der Waals surface area (Å²) in [4.78, 5) is 5.15. The van der Waals surface area contributed by atoms with Crippen molar-refractivity contribution in [2.45, 2.75) is 44.1 Å². The lowest BCUT2D eigenvalue weighted by molar-refractivity contribution is -0.0503. The van der Waals surface area contributed by atoms with Gasteiger partial charge in [0.15, 0.2) is 0 Å². The van der Waals surface area contributed by atoms with Crippen molar-refractivity contribution in [3.05, 3.63) is 0 Å². The molecule has 0 unspecified atom stereocenters. The van der Waals surface area contributed by atoms with Crippen LogP contribution in [0.15, 0.2) is 0 Å². The molecule has 1 fully saturated rings. The van der Waals surface area contributed by atoms with Gasteiger partial charge in [-0.1, -0.05) is 25.7 Å².